The number of hydrogen-bond donors (Lipinski definition) is 1. The molecule has 1 unspecified atom stereocenters. The van der Waals surface area contributed by atoms with Crippen molar-refractivity contribution in [3.63, 3.8) is 0 Å². The first-order valence-corrected chi connectivity index (χ1v) is 8.95. The number of rotatable bonds is 5. The van der Waals surface area contributed by atoms with Crippen LogP contribution in [-0.4, -0.2) is 6.54 Å². The zero-order valence-corrected chi connectivity index (χ0v) is 15.6. The number of halogens is 4. The topological polar surface area (TPSA) is 12.0 Å². The van der Waals surface area contributed by atoms with Crippen LogP contribution in [0.1, 0.15) is 29.0 Å². The SMILES string of the molecule is CCNC(Cc1c(F)ccc(Br)c1F)c1cc(C)c(Br)s1. The standard InChI is InChI=1S/C15H15Br2F2NS/c1-3-20-12(13-6-8(2)15(17)21-13)7-9-11(18)5-4-10(16)14(9)19/h4-6,12,20H,3,7H2,1-2H3. The van der Waals surface area contributed by atoms with Gasteiger partial charge in [0.25, 0.3) is 0 Å². The van der Waals surface area contributed by atoms with Crippen molar-refractivity contribution in [1.29, 1.82) is 0 Å². The van der Waals surface area contributed by atoms with Crippen LogP contribution in [0, 0.1) is 18.6 Å². The highest BCUT2D eigenvalue weighted by Crippen LogP contribution is 2.34. The van der Waals surface area contributed by atoms with Crippen LogP contribution >= 0.6 is 43.2 Å². The van der Waals surface area contributed by atoms with E-state index in [4.69, 9.17) is 0 Å². The first-order valence-electron chi connectivity index (χ1n) is 6.55. The average molecular weight is 439 g/mol. The molecule has 1 aromatic carbocycles. The van der Waals surface area contributed by atoms with Gasteiger partial charge in [0, 0.05) is 16.5 Å². The van der Waals surface area contributed by atoms with Crippen molar-refractivity contribution < 1.29 is 8.78 Å². The fourth-order valence-electron chi connectivity index (χ4n) is 2.14. The molecule has 0 aliphatic rings. The number of thiophene rings is 1. The Morgan fingerprint density at radius 3 is 2.57 bits per heavy atom. The predicted molar refractivity (Wildman–Crippen MR) is 90.9 cm³/mol. The summed E-state index contributed by atoms with van der Waals surface area (Å²) in [5, 5.41) is 3.30. The van der Waals surface area contributed by atoms with Gasteiger partial charge in [0.15, 0.2) is 0 Å². The largest absolute Gasteiger partial charge is 0.309 e. The van der Waals surface area contributed by atoms with Gasteiger partial charge in [0.2, 0.25) is 0 Å². The Morgan fingerprint density at radius 1 is 1.29 bits per heavy atom. The molecule has 1 heterocycles. The lowest BCUT2D eigenvalue weighted by Crippen LogP contribution is -2.23. The van der Waals surface area contributed by atoms with Crippen molar-refractivity contribution in [3.05, 3.63) is 54.1 Å². The van der Waals surface area contributed by atoms with E-state index in [1.54, 1.807) is 11.3 Å². The normalized spacial score (nSPS) is 12.7. The third-order valence-electron chi connectivity index (χ3n) is 3.22. The van der Waals surface area contributed by atoms with E-state index in [1.807, 2.05) is 13.8 Å². The van der Waals surface area contributed by atoms with Gasteiger partial charge in [-0.3, -0.25) is 0 Å². The van der Waals surface area contributed by atoms with Crippen molar-refractivity contribution in [2.45, 2.75) is 26.3 Å². The molecule has 114 valence electrons. The molecule has 0 spiro atoms. The summed E-state index contributed by atoms with van der Waals surface area (Å²) in [5.41, 5.74) is 1.24. The second-order valence-corrected chi connectivity index (χ2v) is 8.00. The Morgan fingerprint density at radius 2 is 2.00 bits per heavy atom. The van der Waals surface area contributed by atoms with E-state index >= 15 is 0 Å². The van der Waals surface area contributed by atoms with Gasteiger partial charge < -0.3 is 5.32 Å². The lowest BCUT2D eigenvalue weighted by atomic mass is 10.0. The number of likely N-dealkylation sites (N-methyl/N-ethyl adjacent to an activating group) is 1. The van der Waals surface area contributed by atoms with Gasteiger partial charge in [-0.25, -0.2) is 8.78 Å². The molecule has 0 saturated carbocycles. The molecule has 1 aromatic heterocycles. The van der Waals surface area contributed by atoms with Crippen molar-refractivity contribution >= 4 is 43.2 Å². The summed E-state index contributed by atoms with van der Waals surface area (Å²) in [6.45, 7) is 4.72. The van der Waals surface area contributed by atoms with E-state index in [1.165, 1.54) is 12.1 Å². The van der Waals surface area contributed by atoms with E-state index in [9.17, 15) is 8.78 Å². The molecule has 2 rings (SSSR count). The van der Waals surface area contributed by atoms with Crippen molar-refractivity contribution in [2.75, 3.05) is 6.54 Å². The third kappa shape index (κ3) is 3.92. The molecule has 0 bridgehead atoms. The monoisotopic (exact) mass is 437 g/mol. The van der Waals surface area contributed by atoms with E-state index in [0.717, 1.165) is 20.8 Å². The Bertz CT molecular complexity index is 623. The summed E-state index contributed by atoms with van der Waals surface area (Å²) < 4.78 is 29.4. The summed E-state index contributed by atoms with van der Waals surface area (Å²) in [5.74, 6) is -1.03. The highest BCUT2D eigenvalue weighted by Gasteiger charge is 2.20. The Labute approximate surface area is 144 Å². The molecule has 1 nitrogen and oxygen atoms in total. The fraction of sp³-hybridized carbons (Fsp3) is 0.333. The molecule has 0 aliphatic heterocycles. The summed E-state index contributed by atoms with van der Waals surface area (Å²) in [4.78, 5) is 1.07. The smallest absolute Gasteiger partial charge is 0.143 e. The minimum Gasteiger partial charge on any atom is -0.309 e. The molecule has 1 atom stereocenters. The van der Waals surface area contributed by atoms with Gasteiger partial charge in [0.1, 0.15) is 11.6 Å². The predicted octanol–water partition coefficient (Wildman–Crippen LogP) is 5.75. The first kappa shape index (κ1) is 17.1. The molecule has 2 aromatic rings. The number of hydrogen-bond acceptors (Lipinski definition) is 2. The summed E-state index contributed by atoms with van der Waals surface area (Å²) in [6.07, 6.45) is 0.275. The van der Waals surface area contributed by atoms with Crippen LogP contribution in [0.25, 0.3) is 0 Å². The molecule has 6 heteroatoms. The maximum atomic E-state index is 14.1. The van der Waals surface area contributed by atoms with Crippen LogP contribution in [0.3, 0.4) is 0 Å². The Hall–Kier alpha value is -0.300. The minimum absolute atomic E-state index is 0.108. The second-order valence-electron chi connectivity index (χ2n) is 4.74. The Kier molecular flexibility index (Phi) is 5.94. The lowest BCUT2D eigenvalue weighted by Gasteiger charge is -2.17. The van der Waals surface area contributed by atoms with Crippen LogP contribution in [-0.2, 0) is 6.42 Å². The van der Waals surface area contributed by atoms with Gasteiger partial charge in [-0.15, -0.1) is 11.3 Å². The second kappa shape index (κ2) is 7.31. The van der Waals surface area contributed by atoms with Gasteiger partial charge >= 0.3 is 0 Å². The zero-order valence-electron chi connectivity index (χ0n) is 11.6. The highest BCUT2D eigenvalue weighted by atomic mass is 79.9. The van der Waals surface area contributed by atoms with E-state index in [0.29, 0.717) is 0 Å². The molecular formula is C15H15Br2F2NS. The van der Waals surface area contributed by atoms with Crippen LogP contribution < -0.4 is 5.32 Å². The van der Waals surface area contributed by atoms with Crippen LogP contribution in [0.5, 0.6) is 0 Å². The van der Waals surface area contributed by atoms with Crippen molar-refractivity contribution in [3.8, 4) is 0 Å². The van der Waals surface area contributed by atoms with Gasteiger partial charge in [-0.05, 0) is 75.5 Å². The minimum atomic E-state index is -0.523. The van der Waals surface area contributed by atoms with Crippen LogP contribution in [0.2, 0.25) is 0 Å². The Balaban J connectivity index is 2.35. The quantitative estimate of drug-likeness (QED) is 0.585. The molecule has 0 amide bonds. The number of benzene rings is 1. The lowest BCUT2D eigenvalue weighted by molar-refractivity contribution is 0.501. The molecule has 21 heavy (non-hydrogen) atoms. The van der Waals surface area contributed by atoms with Gasteiger partial charge in [-0.1, -0.05) is 6.92 Å². The average Bonchev–Trinajstić information content (AvgIpc) is 2.78. The molecule has 0 aliphatic carbocycles. The molecule has 0 fully saturated rings. The first-order chi connectivity index (χ1) is 9.93. The van der Waals surface area contributed by atoms with Crippen molar-refractivity contribution in [2.24, 2.45) is 0 Å². The highest BCUT2D eigenvalue weighted by molar-refractivity contribution is 9.11. The molecular weight excluding hydrogens is 424 g/mol. The third-order valence-corrected chi connectivity index (χ3v) is 6.08. The number of nitrogens with one attached hydrogen (secondary N) is 1. The fourth-order valence-corrected chi connectivity index (χ4v) is 4.15. The summed E-state index contributed by atoms with van der Waals surface area (Å²) in [6, 6.07) is 4.63. The van der Waals surface area contributed by atoms with Gasteiger partial charge in [0.05, 0.1) is 8.26 Å². The van der Waals surface area contributed by atoms with Crippen LogP contribution in [0.15, 0.2) is 26.5 Å². The molecule has 0 saturated heterocycles. The van der Waals surface area contributed by atoms with E-state index < -0.39 is 11.6 Å². The van der Waals surface area contributed by atoms with E-state index in [-0.39, 0.29) is 22.5 Å². The van der Waals surface area contributed by atoms with Crippen LogP contribution in [0.4, 0.5) is 8.78 Å². The molecule has 0 radical (unpaired) electrons. The summed E-state index contributed by atoms with van der Waals surface area (Å²) in [7, 11) is 0. The zero-order chi connectivity index (χ0) is 15.6. The van der Waals surface area contributed by atoms with E-state index in [2.05, 4.69) is 43.2 Å². The summed E-state index contributed by atoms with van der Waals surface area (Å²) >= 11 is 8.21. The molecule has 1 N–H and O–H groups in total. The van der Waals surface area contributed by atoms with Crippen molar-refractivity contribution in [1.82, 2.24) is 5.32 Å². The van der Waals surface area contributed by atoms with Gasteiger partial charge in [-0.2, -0.15) is 0 Å². The number of aryl methyl sites for hydroxylation is 1. The maximum Gasteiger partial charge on any atom is 0.143 e. The maximum absolute atomic E-state index is 14.1.